The lowest BCUT2D eigenvalue weighted by atomic mass is 10.1. The molecule has 2 nitrogen and oxygen atoms in total. The monoisotopic (exact) mass is 360 g/mol. The van der Waals surface area contributed by atoms with Gasteiger partial charge >= 0.3 is 0 Å². The number of hydrogen-bond acceptors (Lipinski definition) is 0. The molecule has 0 fully saturated rings. The van der Waals surface area contributed by atoms with Crippen LogP contribution in [0.1, 0.15) is 5.56 Å². The average Bonchev–Trinajstić information content (AvgIpc) is 3.22. The Hall–Kier alpha value is -3.52. The number of nitrogens with zero attached hydrogens (tertiary/aromatic N) is 2. The van der Waals surface area contributed by atoms with E-state index >= 15 is 0 Å². The van der Waals surface area contributed by atoms with Gasteiger partial charge in [0.25, 0.3) is 0 Å². The highest BCUT2D eigenvalue weighted by Crippen LogP contribution is 2.40. The van der Waals surface area contributed by atoms with Crippen molar-refractivity contribution in [3.05, 3.63) is 90.5 Å². The van der Waals surface area contributed by atoms with Crippen LogP contribution in [-0.4, -0.2) is 9.13 Å². The molecule has 0 saturated carbocycles. The van der Waals surface area contributed by atoms with Crippen LogP contribution < -0.4 is 0 Å². The third kappa shape index (κ3) is 1.92. The molecular weight excluding hydrogens is 340 g/mol. The van der Waals surface area contributed by atoms with Crippen LogP contribution in [0.5, 0.6) is 0 Å². The molecule has 0 unspecified atom stereocenters. The summed E-state index contributed by atoms with van der Waals surface area (Å²) in [6, 6.07) is 30.8. The van der Waals surface area contributed by atoms with E-state index in [-0.39, 0.29) is 0 Å². The van der Waals surface area contributed by atoms with Crippen LogP contribution in [0.15, 0.2) is 84.9 Å². The summed E-state index contributed by atoms with van der Waals surface area (Å²) >= 11 is 0. The summed E-state index contributed by atoms with van der Waals surface area (Å²) in [5.74, 6) is 0. The maximum absolute atomic E-state index is 2.43. The van der Waals surface area contributed by atoms with E-state index in [1.54, 1.807) is 0 Å². The zero-order chi connectivity index (χ0) is 18.8. The Bertz CT molecular complexity index is 1510. The fourth-order valence-corrected chi connectivity index (χ4v) is 4.66. The Balaban J connectivity index is 1.94. The second kappa shape index (κ2) is 5.49. The van der Waals surface area contributed by atoms with Gasteiger partial charge in [-0.15, -0.1) is 0 Å². The molecule has 6 aromatic rings. The lowest BCUT2D eigenvalue weighted by Crippen LogP contribution is -1.94. The van der Waals surface area contributed by atoms with Gasteiger partial charge in [0.1, 0.15) is 0 Å². The average molecular weight is 360 g/mol. The van der Waals surface area contributed by atoms with Crippen molar-refractivity contribution in [2.45, 2.75) is 6.92 Å². The molecule has 0 radical (unpaired) electrons. The minimum atomic E-state index is 1.21. The van der Waals surface area contributed by atoms with Crippen LogP contribution in [-0.2, 0) is 7.05 Å². The van der Waals surface area contributed by atoms with Gasteiger partial charge in [-0.05, 0) is 37.3 Å². The van der Waals surface area contributed by atoms with Crippen molar-refractivity contribution in [1.29, 1.82) is 0 Å². The first-order valence-electron chi connectivity index (χ1n) is 9.70. The molecular formula is C26H20N2. The largest absolute Gasteiger partial charge is 0.344 e. The van der Waals surface area contributed by atoms with E-state index in [2.05, 4.69) is 108 Å². The van der Waals surface area contributed by atoms with E-state index in [0.29, 0.717) is 0 Å². The SMILES string of the molecule is Cc1ccc(-n2c3ccccc3c3ccc4c(c5ccccc5n4C)c32)cc1. The van der Waals surface area contributed by atoms with Gasteiger partial charge in [0.2, 0.25) is 0 Å². The summed E-state index contributed by atoms with van der Waals surface area (Å²) in [7, 11) is 2.16. The molecule has 0 bridgehead atoms. The second-order valence-electron chi connectivity index (χ2n) is 7.62. The molecule has 6 rings (SSSR count). The van der Waals surface area contributed by atoms with Crippen LogP contribution in [0.2, 0.25) is 0 Å². The number of rotatable bonds is 1. The third-order valence-corrected chi connectivity index (χ3v) is 6.00. The normalized spacial score (nSPS) is 11.9. The van der Waals surface area contributed by atoms with Crippen molar-refractivity contribution in [2.24, 2.45) is 7.05 Å². The minimum absolute atomic E-state index is 1.21. The molecule has 134 valence electrons. The maximum atomic E-state index is 2.43. The van der Waals surface area contributed by atoms with Gasteiger partial charge in [-0.2, -0.15) is 0 Å². The van der Waals surface area contributed by atoms with Crippen molar-refractivity contribution < 1.29 is 0 Å². The highest BCUT2D eigenvalue weighted by molar-refractivity contribution is 6.25. The number of aryl methyl sites for hydroxylation is 2. The quantitative estimate of drug-likeness (QED) is 0.307. The van der Waals surface area contributed by atoms with E-state index < -0.39 is 0 Å². The summed E-state index contributed by atoms with van der Waals surface area (Å²) in [6.07, 6.45) is 0. The fraction of sp³-hybridized carbons (Fsp3) is 0.0769. The van der Waals surface area contributed by atoms with Crippen molar-refractivity contribution >= 4 is 43.6 Å². The molecule has 2 heterocycles. The standard InChI is InChI=1S/C26H20N2/c1-17-11-13-18(14-12-17)28-23-10-6-3-7-19(23)20-15-16-24-25(26(20)28)21-8-4-5-9-22(21)27(24)2/h3-16H,1-2H3. The molecule has 0 spiro atoms. The number of benzene rings is 4. The van der Waals surface area contributed by atoms with E-state index in [9.17, 15) is 0 Å². The van der Waals surface area contributed by atoms with Gasteiger partial charge in [0, 0.05) is 39.8 Å². The van der Waals surface area contributed by atoms with E-state index in [4.69, 9.17) is 0 Å². The smallest absolute Gasteiger partial charge is 0.0641 e. The molecule has 0 N–H and O–H groups in total. The molecule has 0 amide bonds. The molecule has 0 atom stereocenters. The van der Waals surface area contributed by atoms with Gasteiger partial charge in [0.15, 0.2) is 0 Å². The van der Waals surface area contributed by atoms with Crippen LogP contribution in [0.25, 0.3) is 49.3 Å². The summed E-state index contributed by atoms with van der Waals surface area (Å²) in [4.78, 5) is 0. The van der Waals surface area contributed by atoms with Crippen molar-refractivity contribution in [3.8, 4) is 5.69 Å². The van der Waals surface area contributed by atoms with Crippen LogP contribution in [0, 0.1) is 6.92 Å². The van der Waals surface area contributed by atoms with E-state index in [1.807, 2.05) is 0 Å². The zero-order valence-corrected chi connectivity index (χ0v) is 16.0. The number of fused-ring (bicyclic) bond motifs is 7. The zero-order valence-electron chi connectivity index (χ0n) is 16.0. The van der Waals surface area contributed by atoms with E-state index in [1.165, 1.54) is 54.9 Å². The molecule has 0 saturated heterocycles. The molecule has 0 aliphatic heterocycles. The highest BCUT2D eigenvalue weighted by atomic mass is 15.0. The Morgan fingerprint density at radius 2 is 1.25 bits per heavy atom. The summed E-state index contributed by atoms with van der Waals surface area (Å²) in [6.45, 7) is 2.14. The second-order valence-corrected chi connectivity index (χ2v) is 7.62. The first-order chi connectivity index (χ1) is 13.7. The van der Waals surface area contributed by atoms with Gasteiger partial charge in [-0.1, -0.05) is 60.2 Å². The van der Waals surface area contributed by atoms with Crippen molar-refractivity contribution in [3.63, 3.8) is 0 Å². The summed E-state index contributed by atoms with van der Waals surface area (Å²) < 4.78 is 4.74. The topological polar surface area (TPSA) is 9.86 Å². The maximum Gasteiger partial charge on any atom is 0.0641 e. The summed E-state index contributed by atoms with van der Waals surface area (Å²) in [5, 5.41) is 5.24. The van der Waals surface area contributed by atoms with Crippen LogP contribution >= 0.6 is 0 Å². The van der Waals surface area contributed by atoms with Gasteiger partial charge < -0.3 is 9.13 Å². The molecule has 4 aromatic carbocycles. The number of para-hydroxylation sites is 2. The lowest BCUT2D eigenvalue weighted by molar-refractivity contribution is 1.01. The Morgan fingerprint density at radius 3 is 2.04 bits per heavy atom. The Kier molecular flexibility index (Phi) is 3.05. The molecule has 2 aromatic heterocycles. The van der Waals surface area contributed by atoms with Gasteiger partial charge in [-0.3, -0.25) is 0 Å². The first-order valence-corrected chi connectivity index (χ1v) is 9.70. The summed E-state index contributed by atoms with van der Waals surface area (Å²) in [5.41, 5.74) is 7.56. The number of hydrogen-bond donors (Lipinski definition) is 0. The lowest BCUT2D eigenvalue weighted by Gasteiger charge is -2.09. The Labute approximate surface area is 163 Å². The predicted octanol–water partition coefficient (Wildman–Crippen LogP) is 6.74. The van der Waals surface area contributed by atoms with Crippen LogP contribution in [0.3, 0.4) is 0 Å². The molecule has 0 aliphatic rings. The Morgan fingerprint density at radius 1 is 0.571 bits per heavy atom. The molecule has 28 heavy (non-hydrogen) atoms. The van der Waals surface area contributed by atoms with E-state index in [0.717, 1.165) is 0 Å². The van der Waals surface area contributed by atoms with Crippen molar-refractivity contribution in [1.82, 2.24) is 9.13 Å². The molecule has 0 aliphatic carbocycles. The van der Waals surface area contributed by atoms with Gasteiger partial charge in [0.05, 0.1) is 16.6 Å². The van der Waals surface area contributed by atoms with Crippen LogP contribution in [0.4, 0.5) is 0 Å². The number of aromatic nitrogens is 2. The van der Waals surface area contributed by atoms with Gasteiger partial charge in [-0.25, -0.2) is 0 Å². The van der Waals surface area contributed by atoms with Crippen molar-refractivity contribution in [2.75, 3.05) is 0 Å². The first kappa shape index (κ1) is 15.5. The third-order valence-electron chi connectivity index (χ3n) is 6.00. The predicted molar refractivity (Wildman–Crippen MR) is 120 cm³/mol. The molecule has 2 heteroatoms. The highest BCUT2D eigenvalue weighted by Gasteiger charge is 2.18. The fourth-order valence-electron chi connectivity index (χ4n) is 4.66. The minimum Gasteiger partial charge on any atom is -0.344 e.